The number of carbonyl (C=O) groups excluding carboxylic acids is 1. The van der Waals surface area contributed by atoms with Crippen molar-refractivity contribution in [1.29, 1.82) is 0 Å². The lowest BCUT2D eigenvalue weighted by Crippen LogP contribution is -2.11. The number of hydrogen-bond donors (Lipinski definition) is 2. The third-order valence-electron chi connectivity index (χ3n) is 2.66. The Balaban J connectivity index is 2.14. The molecule has 1 aromatic carbocycles. The molecule has 2 N–H and O–H groups in total. The molecule has 0 aliphatic heterocycles. The molecule has 2 rings (SSSR count). The third-order valence-corrected chi connectivity index (χ3v) is 2.66. The lowest BCUT2D eigenvalue weighted by molar-refractivity contribution is -0.131. The smallest absolute Gasteiger partial charge is 0.328 e. The number of nitrogens with one attached hydrogen (secondary N) is 1. The topological polar surface area (TPSA) is 79.5 Å². The maximum absolute atomic E-state index is 11.8. The average molecular weight is 271 g/mol. The Labute approximate surface area is 115 Å². The quantitative estimate of drug-likeness (QED) is 0.838. The number of aryl methyl sites for hydroxylation is 1. The molecule has 102 valence electrons. The second-order valence-electron chi connectivity index (χ2n) is 4.18. The molecular formula is C15H13NO4. The number of carboxylic acid groups (broad SMARTS) is 1. The lowest BCUT2D eigenvalue weighted by Gasteiger charge is -2.07. The number of amides is 1. The van der Waals surface area contributed by atoms with E-state index in [9.17, 15) is 9.59 Å². The van der Waals surface area contributed by atoms with E-state index in [1.807, 2.05) is 6.92 Å². The molecule has 0 aliphatic rings. The number of anilines is 1. The molecule has 1 heterocycles. The first-order valence-electron chi connectivity index (χ1n) is 5.93. The van der Waals surface area contributed by atoms with Crippen molar-refractivity contribution in [2.45, 2.75) is 6.92 Å². The van der Waals surface area contributed by atoms with E-state index in [0.717, 1.165) is 17.2 Å². The van der Waals surface area contributed by atoms with Gasteiger partial charge in [0.1, 0.15) is 0 Å². The van der Waals surface area contributed by atoms with Crippen molar-refractivity contribution in [3.05, 3.63) is 59.6 Å². The first-order valence-corrected chi connectivity index (χ1v) is 5.93. The fraction of sp³-hybridized carbons (Fsp3) is 0.0667. The summed E-state index contributed by atoms with van der Waals surface area (Å²) in [4.78, 5) is 22.3. The van der Waals surface area contributed by atoms with Gasteiger partial charge in [-0.1, -0.05) is 6.07 Å². The van der Waals surface area contributed by atoms with Crippen LogP contribution in [0.3, 0.4) is 0 Å². The molecule has 0 radical (unpaired) electrons. The van der Waals surface area contributed by atoms with Gasteiger partial charge in [-0.15, -0.1) is 0 Å². The van der Waals surface area contributed by atoms with E-state index in [-0.39, 0.29) is 11.7 Å². The number of aliphatic carboxylic acids is 1. The Morgan fingerprint density at radius 3 is 2.70 bits per heavy atom. The summed E-state index contributed by atoms with van der Waals surface area (Å²) >= 11 is 0. The van der Waals surface area contributed by atoms with Crippen molar-refractivity contribution >= 4 is 23.6 Å². The van der Waals surface area contributed by atoms with Gasteiger partial charge < -0.3 is 14.8 Å². The zero-order chi connectivity index (χ0) is 14.5. The maximum Gasteiger partial charge on any atom is 0.328 e. The van der Waals surface area contributed by atoms with Gasteiger partial charge in [-0.3, -0.25) is 4.79 Å². The molecule has 0 bridgehead atoms. The van der Waals surface area contributed by atoms with Crippen LogP contribution in [0.4, 0.5) is 5.69 Å². The summed E-state index contributed by atoms with van der Waals surface area (Å²) in [6.45, 7) is 1.83. The molecule has 0 atom stereocenters. The minimum atomic E-state index is -1.00. The zero-order valence-corrected chi connectivity index (χ0v) is 10.8. The third kappa shape index (κ3) is 3.35. The summed E-state index contributed by atoms with van der Waals surface area (Å²) in [5, 5.41) is 11.3. The van der Waals surface area contributed by atoms with E-state index in [0.29, 0.717) is 5.69 Å². The van der Waals surface area contributed by atoms with Gasteiger partial charge >= 0.3 is 5.97 Å². The SMILES string of the molecule is Cc1cc(C=CC(=O)O)ccc1NC(=O)c1ccco1. The van der Waals surface area contributed by atoms with Crippen LogP contribution in [0.25, 0.3) is 6.08 Å². The van der Waals surface area contributed by atoms with Gasteiger partial charge in [0.05, 0.1) is 6.26 Å². The Bertz CT molecular complexity index is 657. The number of benzene rings is 1. The van der Waals surface area contributed by atoms with Gasteiger partial charge in [0.15, 0.2) is 5.76 Å². The van der Waals surface area contributed by atoms with Crippen molar-refractivity contribution in [1.82, 2.24) is 0 Å². The molecular weight excluding hydrogens is 258 g/mol. The molecule has 5 nitrogen and oxygen atoms in total. The summed E-state index contributed by atoms with van der Waals surface area (Å²) in [6, 6.07) is 8.45. The van der Waals surface area contributed by atoms with E-state index in [1.54, 1.807) is 30.3 Å². The highest BCUT2D eigenvalue weighted by atomic mass is 16.4. The number of hydrogen-bond acceptors (Lipinski definition) is 3. The van der Waals surface area contributed by atoms with Crippen LogP contribution in [-0.4, -0.2) is 17.0 Å². The molecule has 0 saturated heterocycles. The van der Waals surface area contributed by atoms with Crippen molar-refractivity contribution in [2.75, 3.05) is 5.32 Å². The van der Waals surface area contributed by atoms with Crippen LogP contribution < -0.4 is 5.32 Å². The first kappa shape index (κ1) is 13.6. The molecule has 5 heteroatoms. The summed E-state index contributed by atoms with van der Waals surface area (Å²) in [7, 11) is 0. The monoisotopic (exact) mass is 271 g/mol. The Morgan fingerprint density at radius 1 is 1.30 bits per heavy atom. The predicted octanol–water partition coefficient (Wildman–Crippen LogP) is 2.94. The fourth-order valence-corrected chi connectivity index (χ4v) is 1.69. The highest BCUT2D eigenvalue weighted by molar-refractivity contribution is 6.02. The molecule has 0 fully saturated rings. The molecule has 0 aliphatic carbocycles. The van der Waals surface area contributed by atoms with Gasteiger partial charge in [-0.05, 0) is 48.4 Å². The van der Waals surface area contributed by atoms with E-state index in [1.165, 1.54) is 12.3 Å². The van der Waals surface area contributed by atoms with E-state index in [2.05, 4.69) is 5.32 Å². The number of rotatable bonds is 4. The van der Waals surface area contributed by atoms with E-state index < -0.39 is 5.97 Å². The van der Waals surface area contributed by atoms with Crippen molar-refractivity contribution in [3.8, 4) is 0 Å². The molecule has 1 aromatic heterocycles. The lowest BCUT2D eigenvalue weighted by atomic mass is 10.1. The van der Waals surface area contributed by atoms with Gasteiger partial charge in [-0.25, -0.2) is 4.79 Å². The fourth-order valence-electron chi connectivity index (χ4n) is 1.69. The van der Waals surface area contributed by atoms with Crippen molar-refractivity contribution < 1.29 is 19.1 Å². The largest absolute Gasteiger partial charge is 0.478 e. The standard InChI is InChI=1S/C15H13NO4/c1-10-9-11(5-7-14(17)18)4-6-12(10)16-15(19)13-3-2-8-20-13/h2-9H,1H3,(H,16,19)(H,17,18). The highest BCUT2D eigenvalue weighted by Crippen LogP contribution is 2.18. The average Bonchev–Trinajstić information content (AvgIpc) is 2.93. The van der Waals surface area contributed by atoms with E-state index >= 15 is 0 Å². The molecule has 1 amide bonds. The van der Waals surface area contributed by atoms with Crippen molar-refractivity contribution in [3.63, 3.8) is 0 Å². The van der Waals surface area contributed by atoms with Crippen LogP contribution in [0, 0.1) is 6.92 Å². The maximum atomic E-state index is 11.8. The van der Waals surface area contributed by atoms with Crippen molar-refractivity contribution in [2.24, 2.45) is 0 Å². The summed E-state index contributed by atoms with van der Waals surface area (Å²) in [6.07, 6.45) is 3.99. The van der Waals surface area contributed by atoms with Crippen LogP contribution in [0.2, 0.25) is 0 Å². The number of carboxylic acids is 1. The van der Waals surface area contributed by atoms with E-state index in [4.69, 9.17) is 9.52 Å². The minimum Gasteiger partial charge on any atom is -0.478 e. The zero-order valence-electron chi connectivity index (χ0n) is 10.8. The highest BCUT2D eigenvalue weighted by Gasteiger charge is 2.09. The normalized spacial score (nSPS) is 10.7. The summed E-state index contributed by atoms with van der Waals surface area (Å²) in [5.41, 5.74) is 2.23. The molecule has 0 unspecified atom stereocenters. The van der Waals surface area contributed by atoms with Crippen LogP contribution in [-0.2, 0) is 4.79 Å². The Hall–Kier alpha value is -2.82. The second-order valence-corrected chi connectivity index (χ2v) is 4.18. The van der Waals surface area contributed by atoms with Gasteiger partial charge in [0, 0.05) is 11.8 Å². The van der Waals surface area contributed by atoms with Crippen LogP contribution in [0.15, 0.2) is 47.1 Å². The molecule has 0 saturated carbocycles. The van der Waals surface area contributed by atoms with Crippen LogP contribution >= 0.6 is 0 Å². The van der Waals surface area contributed by atoms with Gasteiger partial charge in [-0.2, -0.15) is 0 Å². The minimum absolute atomic E-state index is 0.235. The van der Waals surface area contributed by atoms with Crippen LogP contribution in [0.5, 0.6) is 0 Å². The van der Waals surface area contributed by atoms with Gasteiger partial charge in [0.2, 0.25) is 0 Å². The Kier molecular flexibility index (Phi) is 4.00. The molecule has 20 heavy (non-hydrogen) atoms. The number of furan rings is 1. The second kappa shape index (κ2) is 5.88. The summed E-state index contributed by atoms with van der Waals surface area (Å²) in [5.74, 6) is -1.09. The Morgan fingerprint density at radius 2 is 2.10 bits per heavy atom. The molecule has 2 aromatic rings. The van der Waals surface area contributed by atoms with Gasteiger partial charge in [0.25, 0.3) is 5.91 Å². The predicted molar refractivity (Wildman–Crippen MR) is 74.5 cm³/mol. The summed E-state index contributed by atoms with van der Waals surface area (Å²) < 4.78 is 5.01. The number of carbonyl (C=O) groups is 2. The van der Waals surface area contributed by atoms with Crippen LogP contribution in [0.1, 0.15) is 21.7 Å². The first-order chi connectivity index (χ1) is 9.56. The molecule has 0 spiro atoms.